The zero-order valence-corrected chi connectivity index (χ0v) is 14.0. The first-order valence-corrected chi connectivity index (χ1v) is 8.86. The maximum atomic E-state index is 4.97. The third-order valence-electron chi connectivity index (χ3n) is 3.97. The Morgan fingerprint density at radius 1 is 0.625 bits per heavy atom. The summed E-state index contributed by atoms with van der Waals surface area (Å²) >= 11 is 1.77. The van der Waals surface area contributed by atoms with E-state index in [1.165, 1.54) is 21.6 Å². The molecular weight excluding hydrogens is 310 g/mol. The van der Waals surface area contributed by atoms with Crippen LogP contribution in [-0.2, 0) is 6.42 Å². The summed E-state index contributed by atoms with van der Waals surface area (Å²) in [5.74, 6) is 0. The van der Waals surface area contributed by atoms with Crippen molar-refractivity contribution in [2.75, 3.05) is 0 Å². The molecule has 0 aliphatic carbocycles. The van der Waals surface area contributed by atoms with Crippen molar-refractivity contribution in [3.8, 4) is 21.0 Å². The Morgan fingerprint density at radius 2 is 1.17 bits per heavy atom. The number of nitrogens with zero attached hydrogens (tertiary/aromatic N) is 1. The van der Waals surface area contributed by atoms with Gasteiger partial charge in [0.2, 0.25) is 0 Å². The topological polar surface area (TPSA) is 12.9 Å². The lowest BCUT2D eigenvalue weighted by molar-refractivity contribution is 1.11. The summed E-state index contributed by atoms with van der Waals surface area (Å²) < 4.78 is 0. The van der Waals surface area contributed by atoms with E-state index < -0.39 is 0 Å². The molecule has 0 radical (unpaired) electrons. The summed E-state index contributed by atoms with van der Waals surface area (Å²) in [4.78, 5) is 6.23. The van der Waals surface area contributed by atoms with E-state index in [0.717, 1.165) is 17.1 Å². The van der Waals surface area contributed by atoms with Crippen LogP contribution in [0.15, 0.2) is 91.0 Å². The molecule has 0 aliphatic rings. The second kappa shape index (κ2) is 6.81. The van der Waals surface area contributed by atoms with Crippen molar-refractivity contribution in [3.05, 3.63) is 102 Å². The molecule has 116 valence electrons. The Kier molecular flexibility index (Phi) is 4.22. The predicted octanol–water partition coefficient (Wildman–Crippen LogP) is 6.07. The molecule has 0 saturated carbocycles. The number of hydrogen-bond donors (Lipinski definition) is 0. The van der Waals surface area contributed by atoms with Crippen LogP contribution in [0.2, 0.25) is 0 Å². The monoisotopic (exact) mass is 327 g/mol. The number of rotatable bonds is 4. The second-order valence-electron chi connectivity index (χ2n) is 5.69. The summed E-state index contributed by atoms with van der Waals surface area (Å²) in [5.41, 5.74) is 4.86. The lowest BCUT2D eigenvalue weighted by atomic mass is 10.1. The van der Waals surface area contributed by atoms with Crippen molar-refractivity contribution in [2.45, 2.75) is 6.42 Å². The van der Waals surface area contributed by atoms with Crippen LogP contribution in [0, 0.1) is 0 Å². The lowest BCUT2D eigenvalue weighted by Crippen LogP contribution is -1.91. The van der Waals surface area contributed by atoms with Gasteiger partial charge in [-0.25, -0.2) is 4.98 Å². The molecule has 24 heavy (non-hydrogen) atoms. The van der Waals surface area contributed by atoms with E-state index in [-0.39, 0.29) is 0 Å². The van der Waals surface area contributed by atoms with E-state index in [2.05, 4.69) is 84.9 Å². The van der Waals surface area contributed by atoms with Crippen molar-refractivity contribution in [1.29, 1.82) is 0 Å². The van der Waals surface area contributed by atoms with Crippen LogP contribution in [0.5, 0.6) is 0 Å². The fourth-order valence-electron chi connectivity index (χ4n) is 2.78. The number of benzene rings is 3. The largest absolute Gasteiger partial charge is 0.240 e. The molecule has 0 N–H and O–H groups in total. The molecule has 4 aromatic rings. The minimum Gasteiger partial charge on any atom is -0.240 e. The maximum Gasteiger partial charge on any atom is 0.124 e. The molecule has 1 aromatic heterocycles. The van der Waals surface area contributed by atoms with Gasteiger partial charge in [-0.3, -0.25) is 0 Å². The van der Waals surface area contributed by atoms with Crippen molar-refractivity contribution in [1.82, 2.24) is 4.98 Å². The van der Waals surface area contributed by atoms with E-state index in [9.17, 15) is 0 Å². The Labute approximate surface area is 146 Å². The fourth-order valence-corrected chi connectivity index (χ4v) is 3.87. The SMILES string of the molecule is c1ccc(Cc2nc(-c3ccccc3)sc2-c2ccccc2)cc1. The van der Waals surface area contributed by atoms with Gasteiger partial charge < -0.3 is 0 Å². The van der Waals surface area contributed by atoms with Crippen LogP contribution in [0.25, 0.3) is 21.0 Å². The van der Waals surface area contributed by atoms with Crippen LogP contribution >= 0.6 is 11.3 Å². The molecule has 0 atom stereocenters. The van der Waals surface area contributed by atoms with Crippen LogP contribution in [0.3, 0.4) is 0 Å². The average molecular weight is 327 g/mol. The molecule has 0 aliphatic heterocycles. The first-order chi connectivity index (χ1) is 11.9. The highest BCUT2D eigenvalue weighted by molar-refractivity contribution is 7.18. The van der Waals surface area contributed by atoms with Crippen LogP contribution < -0.4 is 0 Å². The third kappa shape index (κ3) is 3.15. The highest BCUT2D eigenvalue weighted by Crippen LogP contribution is 2.36. The lowest BCUT2D eigenvalue weighted by Gasteiger charge is -2.02. The van der Waals surface area contributed by atoms with Gasteiger partial charge in [0.05, 0.1) is 10.6 Å². The van der Waals surface area contributed by atoms with Gasteiger partial charge in [-0.05, 0) is 11.1 Å². The van der Waals surface area contributed by atoms with Crippen molar-refractivity contribution in [3.63, 3.8) is 0 Å². The molecule has 1 heterocycles. The number of thiazole rings is 1. The van der Waals surface area contributed by atoms with Gasteiger partial charge in [0.1, 0.15) is 5.01 Å². The molecule has 1 nitrogen and oxygen atoms in total. The van der Waals surface area contributed by atoms with E-state index in [0.29, 0.717) is 0 Å². The minimum atomic E-state index is 0.856. The molecule has 0 spiro atoms. The summed E-state index contributed by atoms with van der Waals surface area (Å²) in [5, 5.41) is 1.08. The summed E-state index contributed by atoms with van der Waals surface area (Å²) in [7, 11) is 0. The van der Waals surface area contributed by atoms with Gasteiger partial charge in [-0.15, -0.1) is 11.3 Å². The first kappa shape index (κ1) is 14.9. The number of aromatic nitrogens is 1. The van der Waals surface area contributed by atoms with Crippen molar-refractivity contribution >= 4 is 11.3 Å². The Hall–Kier alpha value is -2.71. The second-order valence-corrected chi connectivity index (χ2v) is 6.69. The Morgan fingerprint density at radius 3 is 1.79 bits per heavy atom. The summed E-state index contributed by atoms with van der Waals surface area (Å²) in [6.45, 7) is 0. The smallest absolute Gasteiger partial charge is 0.124 e. The molecule has 0 saturated heterocycles. The van der Waals surface area contributed by atoms with E-state index in [1.54, 1.807) is 11.3 Å². The van der Waals surface area contributed by atoms with Gasteiger partial charge in [0.25, 0.3) is 0 Å². The molecule has 2 heteroatoms. The normalized spacial score (nSPS) is 10.7. The van der Waals surface area contributed by atoms with E-state index in [1.807, 2.05) is 6.07 Å². The van der Waals surface area contributed by atoms with Crippen LogP contribution in [0.1, 0.15) is 11.3 Å². The molecule has 3 aromatic carbocycles. The molecule has 0 fully saturated rings. The molecule has 0 bridgehead atoms. The van der Waals surface area contributed by atoms with Gasteiger partial charge >= 0.3 is 0 Å². The van der Waals surface area contributed by atoms with Crippen molar-refractivity contribution < 1.29 is 0 Å². The third-order valence-corrected chi connectivity index (χ3v) is 5.16. The van der Waals surface area contributed by atoms with Crippen LogP contribution in [-0.4, -0.2) is 4.98 Å². The zero-order valence-electron chi connectivity index (χ0n) is 13.2. The van der Waals surface area contributed by atoms with Gasteiger partial charge in [0, 0.05) is 12.0 Å². The first-order valence-electron chi connectivity index (χ1n) is 8.04. The highest BCUT2D eigenvalue weighted by Gasteiger charge is 2.14. The predicted molar refractivity (Wildman–Crippen MR) is 102 cm³/mol. The zero-order chi connectivity index (χ0) is 16.2. The maximum absolute atomic E-state index is 4.97. The standard InChI is InChI=1S/C22H17NS/c1-4-10-17(11-5-1)16-20-21(18-12-6-2-7-13-18)24-22(23-20)19-14-8-3-9-15-19/h1-15H,16H2. The van der Waals surface area contributed by atoms with Gasteiger partial charge in [0.15, 0.2) is 0 Å². The van der Waals surface area contributed by atoms with Gasteiger partial charge in [-0.1, -0.05) is 91.0 Å². The minimum absolute atomic E-state index is 0.856. The number of hydrogen-bond acceptors (Lipinski definition) is 2. The molecule has 0 unspecified atom stereocenters. The van der Waals surface area contributed by atoms with E-state index in [4.69, 9.17) is 4.98 Å². The molecule has 0 amide bonds. The van der Waals surface area contributed by atoms with Crippen LogP contribution in [0.4, 0.5) is 0 Å². The Balaban J connectivity index is 1.80. The quantitative estimate of drug-likeness (QED) is 0.443. The average Bonchev–Trinajstić information content (AvgIpc) is 3.08. The highest BCUT2D eigenvalue weighted by atomic mass is 32.1. The molecule has 4 rings (SSSR count). The van der Waals surface area contributed by atoms with Gasteiger partial charge in [-0.2, -0.15) is 0 Å². The Bertz CT molecular complexity index is 912. The summed E-state index contributed by atoms with van der Waals surface area (Å²) in [6, 6.07) is 31.5. The van der Waals surface area contributed by atoms with E-state index >= 15 is 0 Å². The summed E-state index contributed by atoms with van der Waals surface area (Å²) in [6.07, 6.45) is 0.856. The van der Waals surface area contributed by atoms with Crippen molar-refractivity contribution in [2.24, 2.45) is 0 Å². The molecular formula is C22H17NS. The fraction of sp³-hybridized carbons (Fsp3) is 0.0455.